The van der Waals surface area contributed by atoms with E-state index in [1.165, 1.54) is 12.5 Å². The molecule has 16 heavy (non-hydrogen) atoms. The van der Waals surface area contributed by atoms with Crippen LogP contribution in [0.4, 0.5) is 0 Å². The van der Waals surface area contributed by atoms with Gasteiger partial charge in [0.05, 0.1) is 11.8 Å². The lowest BCUT2D eigenvalue weighted by Gasteiger charge is -2.01. The van der Waals surface area contributed by atoms with Crippen LogP contribution in [0.1, 0.15) is 22.6 Å². The minimum absolute atomic E-state index is 0.119. The predicted molar refractivity (Wildman–Crippen MR) is 55.6 cm³/mol. The van der Waals surface area contributed by atoms with E-state index < -0.39 is 0 Å². The lowest BCUT2D eigenvalue weighted by molar-refractivity contribution is 0.0953. The summed E-state index contributed by atoms with van der Waals surface area (Å²) >= 11 is 0. The van der Waals surface area contributed by atoms with E-state index >= 15 is 0 Å². The first-order valence-corrected chi connectivity index (χ1v) is 4.97. The number of hydrogen-bond donors (Lipinski definition) is 3. The standard InChI is InChI=1S/C9H12N6O/c16-9(7-4-12-13-5-7)10-3-1-2-8-11-6-14-15-8/h4-6H,1-3H2,(H,10,16)(H,12,13)(H,11,14,15). The third-order valence-corrected chi connectivity index (χ3v) is 2.10. The molecule has 2 aromatic rings. The number of aromatic nitrogens is 5. The lowest BCUT2D eigenvalue weighted by atomic mass is 10.3. The zero-order chi connectivity index (χ0) is 11.2. The van der Waals surface area contributed by atoms with Gasteiger partial charge in [-0.1, -0.05) is 0 Å². The largest absolute Gasteiger partial charge is 0.352 e. The van der Waals surface area contributed by atoms with E-state index in [2.05, 4.69) is 30.7 Å². The fourth-order valence-corrected chi connectivity index (χ4v) is 1.29. The highest BCUT2D eigenvalue weighted by molar-refractivity contribution is 5.93. The van der Waals surface area contributed by atoms with Gasteiger partial charge in [0, 0.05) is 19.2 Å². The van der Waals surface area contributed by atoms with Crippen molar-refractivity contribution in [2.24, 2.45) is 0 Å². The minimum Gasteiger partial charge on any atom is -0.352 e. The summed E-state index contributed by atoms with van der Waals surface area (Å²) in [5, 5.41) is 15.6. The number of hydrogen-bond acceptors (Lipinski definition) is 4. The first kappa shape index (κ1) is 10.3. The normalized spacial score (nSPS) is 10.2. The Morgan fingerprint density at radius 3 is 3.06 bits per heavy atom. The number of rotatable bonds is 5. The Morgan fingerprint density at radius 2 is 2.38 bits per heavy atom. The minimum atomic E-state index is -0.119. The maximum Gasteiger partial charge on any atom is 0.254 e. The van der Waals surface area contributed by atoms with Gasteiger partial charge in [-0.2, -0.15) is 10.2 Å². The number of carbonyl (C=O) groups is 1. The molecule has 0 aliphatic rings. The molecule has 3 N–H and O–H groups in total. The van der Waals surface area contributed by atoms with Gasteiger partial charge in [0.1, 0.15) is 12.2 Å². The fourth-order valence-electron chi connectivity index (χ4n) is 1.29. The van der Waals surface area contributed by atoms with Crippen molar-refractivity contribution in [2.75, 3.05) is 6.54 Å². The summed E-state index contributed by atoms with van der Waals surface area (Å²) < 4.78 is 0. The van der Waals surface area contributed by atoms with Crippen LogP contribution in [0.3, 0.4) is 0 Å². The molecule has 84 valence electrons. The van der Waals surface area contributed by atoms with Crippen LogP contribution in [-0.2, 0) is 6.42 Å². The number of aromatic amines is 2. The zero-order valence-electron chi connectivity index (χ0n) is 8.60. The number of aryl methyl sites for hydroxylation is 1. The highest BCUT2D eigenvalue weighted by Gasteiger charge is 2.05. The predicted octanol–water partition coefficient (Wildman–Crippen LogP) is -0.110. The summed E-state index contributed by atoms with van der Waals surface area (Å²) in [6, 6.07) is 0. The Kier molecular flexibility index (Phi) is 3.27. The Labute approximate surface area is 91.7 Å². The maximum absolute atomic E-state index is 11.5. The molecule has 2 heterocycles. The Morgan fingerprint density at radius 1 is 1.44 bits per heavy atom. The molecule has 0 bridgehead atoms. The Balaban J connectivity index is 1.67. The molecule has 0 saturated carbocycles. The first-order chi connectivity index (χ1) is 7.86. The van der Waals surface area contributed by atoms with Crippen LogP contribution >= 0.6 is 0 Å². The molecule has 0 unspecified atom stereocenters. The van der Waals surface area contributed by atoms with Crippen LogP contribution < -0.4 is 5.32 Å². The van der Waals surface area contributed by atoms with Gasteiger partial charge < -0.3 is 5.32 Å². The van der Waals surface area contributed by atoms with Gasteiger partial charge >= 0.3 is 0 Å². The molecule has 0 radical (unpaired) electrons. The molecule has 0 saturated heterocycles. The molecule has 0 aromatic carbocycles. The number of nitrogens with one attached hydrogen (secondary N) is 3. The van der Waals surface area contributed by atoms with Gasteiger partial charge in [-0.05, 0) is 6.42 Å². The number of amides is 1. The van der Waals surface area contributed by atoms with E-state index in [4.69, 9.17) is 0 Å². The second-order valence-electron chi connectivity index (χ2n) is 3.28. The summed E-state index contributed by atoms with van der Waals surface area (Å²) in [5.74, 6) is 0.712. The lowest BCUT2D eigenvalue weighted by Crippen LogP contribution is -2.24. The van der Waals surface area contributed by atoms with Crippen molar-refractivity contribution in [3.63, 3.8) is 0 Å². The molecule has 7 heteroatoms. The average Bonchev–Trinajstić information content (AvgIpc) is 2.96. The van der Waals surface area contributed by atoms with Gasteiger partial charge in [-0.15, -0.1) is 0 Å². The molecule has 0 aliphatic carbocycles. The van der Waals surface area contributed by atoms with Crippen LogP contribution in [0.15, 0.2) is 18.7 Å². The van der Waals surface area contributed by atoms with Crippen LogP contribution in [0, 0.1) is 0 Å². The SMILES string of the molecule is O=C(NCCCc1ncn[nH]1)c1cn[nH]c1. The van der Waals surface area contributed by atoms with Crippen molar-refractivity contribution in [3.05, 3.63) is 30.1 Å². The quantitative estimate of drug-likeness (QED) is 0.612. The van der Waals surface area contributed by atoms with E-state index in [1.54, 1.807) is 6.20 Å². The van der Waals surface area contributed by atoms with Crippen molar-refractivity contribution in [1.82, 2.24) is 30.7 Å². The molecule has 2 rings (SSSR count). The van der Waals surface area contributed by atoms with E-state index in [1.807, 2.05) is 0 Å². The van der Waals surface area contributed by atoms with E-state index in [0.717, 1.165) is 18.7 Å². The summed E-state index contributed by atoms with van der Waals surface area (Å²) in [6.07, 6.45) is 6.11. The number of carbonyl (C=O) groups excluding carboxylic acids is 1. The Bertz CT molecular complexity index is 421. The van der Waals surface area contributed by atoms with Crippen molar-refractivity contribution in [1.29, 1.82) is 0 Å². The van der Waals surface area contributed by atoms with Gasteiger partial charge in [0.25, 0.3) is 5.91 Å². The summed E-state index contributed by atoms with van der Waals surface area (Å²) in [7, 11) is 0. The van der Waals surface area contributed by atoms with E-state index in [9.17, 15) is 4.79 Å². The molecule has 1 amide bonds. The zero-order valence-corrected chi connectivity index (χ0v) is 8.60. The summed E-state index contributed by atoms with van der Waals surface area (Å²) in [6.45, 7) is 0.602. The molecule has 2 aromatic heterocycles. The second-order valence-corrected chi connectivity index (χ2v) is 3.28. The van der Waals surface area contributed by atoms with Gasteiger partial charge in [0.15, 0.2) is 0 Å². The highest BCUT2D eigenvalue weighted by atomic mass is 16.1. The summed E-state index contributed by atoms with van der Waals surface area (Å²) in [4.78, 5) is 15.4. The van der Waals surface area contributed by atoms with Crippen molar-refractivity contribution in [3.8, 4) is 0 Å². The maximum atomic E-state index is 11.5. The topological polar surface area (TPSA) is 99.3 Å². The molecular formula is C9H12N6O. The molecular weight excluding hydrogens is 208 g/mol. The fraction of sp³-hybridized carbons (Fsp3) is 0.333. The molecule has 7 nitrogen and oxygen atoms in total. The number of nitrogens with zero attached hydrogens (tertiary/aromatic N) is 3. The average molecular weight is 220 g/mol. The molecule has 0 spiro atoms. The number of H-pyrrole nitrogens is 2. The summed E-state index contributed by atoms with van der Waals surface area (Å²) in [5.41, 5.74) is 0.541. The van der Waals surface area contributed by atoms with Crippen molar-refractivity contribution < 1.29 is 4.79 Å². The van der Waals surface area contributed by atoms with Crippen molar-refractivity contribution in [2.45, 2.75) is 12.8 Å². The van der Waals surface area contributed by atoms with E-state index in [0.29, 0.717) is 12.1 Å². The third kappa shape index (κ3) is 2.66. The van der Waals surface area contributed by atoms with Crippen LogP contribution in [-0.4, -0.2) is 37.8 Å². The Hall–Kier alpha value is -2.18. The highest BCUT2D eigenvalue weighted by Crippen LogP contribution is 1.95. The van der Waals surface area contributed by atoms with Crippen LogP contribution in [0.2, 0.25) is 0 Å². The molecule has 0 atom stereocenters. The van der Waals surface area contributed by atoms with Crippen LogP contribution in [0.5, 0.6) is 0 Å². The smallest absolute Gasteiger partial charge is 0.254 e. The van der Waals surface area contributed by atoms with Gasteiger partial charge in [0.2, 0.25) is 0 Å². The van der Waals surface area contributed by atoms with Gasteiger partial charge in [-0.25, -0.2) is 4.98 Å². The monoisotopic (exact) mass is 220 g/mol. The third-order valence-electron chi connectivity index (χ3n) is 2.10. The van der Waals surface area contributed by atoms with Crippen LogP contribution in [0.25, 0.3) is 0 Å². The first-order valence-electron chi connectivity index (χ1n) is 4.97. The van der Waals surface area contributed by atoms with Gasteiger partial charge in [-0.3, -0.25) is 15.0 Å². The second kappa shape index (κ2) is 5.06. The van der Waals surface area contributed by atoms with Crippen molar-refractivity contribution >= 4 is 5.91 Å². The molecule has 0 aliphatic heterocycles. The van der Waals surface area contributed by atoms with E-state index in [-0.39, 0.29) is 5.91 Å². The molecule has 0 fully saturated rings.